The molecular weight excluding hydrogens is 228 g/mol. The van der Waals surface area contributed by atoms with Crippen molar-refractivity contribution < 1.29 is 14.3 Å². The molecule has 2 aromatic rings. The van der Waals surface area contributed by atoms with Gasteiger partial charge in [0.2, 0.25) is 0 Å². The number of fused-ring (bicyclic) bond motifs is 1. The first kappa shape index (κ1) is 11.8. The molecule has 0 bridgehead atoms. The van der Waals surface area contributed by atoms with Gasteiger partial charge in [0.1, 0.15) is 17.4 Å². The summed E-state index contributed by atoms with van der Waals surface area (Å²) in [5, 5.41) is 11.4. The molecule has 1 heterocycles. The van der Waals surface area contributed by atoms with Gasteiger partial charge in [-0.1, -0.05) is 11.6 Å². The largest absolute Gasteiger partial charge is 0.458 e. The highest BCUT2D eigenvalue weighted by Crippen LogP contribution is 2.40. The number of benzene rings is 1. The molecule has 1 aliphatic rings. The minimum Gasteiger partial charge on any atom is -0.458 e. The summed E-state index contributed by atoms with van der Waals surface area (Å²) in [5.74, 6) is 1.08. The van der Waals surface area contributed by atoms with E-state index in [-0.39, 0.29) is 6.10 Å². The second kappa shape index (κ2) is 4.41. The van der Waals surface area contributed by atoms with Crippen LogP contribution in [0.2, 0.25) is 0 Å². The Morgan fingerprint density at radius 1 is 1.33 bits per heavy atom. The molecule has 1 N–H and O–H groups in total. The van der Waals surface area contributed by atoms with Crippen LogP contribution in [0.25, 0.3) is 11.0 Å². The molecule has 1 aromatic carbocycles. The predicted molar refractivity (Wildman–Crippen MR) is 69.4 cm³/mol. The van der Waals surface area contributed by atoms with E-state index in [0.717, 1.165) is 23.8 Å². The van der Waals surface area contributed by atoms with Crippen molar-refractivity contribution in [3.63, 3.8) is 0 Å². The molecule has 18 heavy (non-hydrogen) atoms. The van der Waals surface area contributed by atoms with Crippen molar-refractivity contribution in [2.45, 2.75) is 32.0 Å². The maximum atomic E-state index is 10.3. The number of ether oxygens (including phenoxy) is 1. The minimum absolute atomic E-state index is 0.147. The lowest BCUT2D eigenvalue weighted by Crippen LogP contribution is -2.22. The molecule has 96 valence electrons. The van der Waals surface area contributed by atoms with Crippen LogP contribution in [0.15, 0.2) is 28.7 Å². The SMILES string of the molecule is COC(C1CC1)C(O)c1cc2cc(C)ccc2o1. The van der Waals surface area contributed by atoms with Gasteiger partial charge < -0.3 is 14.3 Å². The van der Waals surface area contributed by atoms with Gasteiger partial charge in [0.25, 0.3) is 0 Å². The number of aliphatic hydroxyl groups is 1. The lowest BCUT2D eigenvalue weighted by molar-refractivity contribution is -0.0348. The van der Waals surface area contributed by atoms with E-state index in [2.05, 4.69) is 6.07 Å². The summed E-state index contributed by atoms with van der Waals surface area (Å²) in [7, 11) is 1.65. The van der Waals surface area contributed by atoms with E-state index in [0.29, 0.717) is 11.7 Å². The quantitative estimate of drug-likeness (QED) is 0.900. The average molecular weight is 246 g/mol. The Morgan fingerprint density at radius 3 is 2.78 bits per heavy atom. The second-order valence-electron chi connectivity index (χ2n) is 5.17. The van der Waals surface area contributed by atoms with Crippen LogP contribution in [0.5, 0.6) is 0 Å². The molecule has 0 aliphatic heterocycles. The molecule has 0 radical (unpaired) electrons. The highest BCUT2D eigenvalue weighted by Gasteiger charge is 2.38. The topological polar surface area (TPSA) is 42.6 Å². The second-order valence-corrected chi connectivity index (χ2v) is 5.17. The van der Waals surface area contributed by atoms with Gasteiger partial charge in [-0.15, -0.1) is 0 Å². The monoisotopic (exact) mass is 246 g/mol. The van der Waals surface area contributed by atoms with Crippen molar-refractivity contribution in [3.8, 4) is 0 Å². The molecule has 3 rings (SSSR count). The van der Waals surface area contributed by atoms with E-state index < -0.39 is 6.10 Å². The Balaban J connectivity index is 1.92. The fraction of sp³-hybridized carbons (Fsp3) is 0.467. The first-order valence-electron chi connectivity index (χ1n) is 6.40. The van der Waals surface area contributed by atoms with Crippen LogP contribution in [0.4, 0.5) is 0 Å². The van der Waals surface area contributed by atoms with Gasteiger partial charge in [0.05, 0.1) is 6.10 Å². The van der Waals surface area contributed by atoms with Crippen LogP contribution < -0.4 is 0 Å². The van der Waals surface area contributed by atoms with Gasteiger partial charge in [-0.2, -0.15) is 0 Å². The third kappa shape index (κ3) is 2.04. The lowest BCUT2D eigenvalue weighted by atomic mass is 10.1. The lowest BCUT2D eigenvalue weighted by Gasteiger charge is -2.19. The summed E-state index contributed by atoms with van der Waals surface area (Å²) in [6.45, 7) is 2.05. The molecule has 0 saturated heterocycles. The van der Waals surface area contributed by atoms with Crippen molar-refractivity contribution in [3.05, 3.63) is 35.6 Å². The summed E-state index contributed by atoms with van der Waals surface area (Å²) < 4.78 is 11.1. The van der Waals surface area contributed by atoms with E-state index in [9.17, 15) is 5.11 Å². The Kier molecular flexibility index (Phi) is 2.88. The van der Waals surface area contributed by atoms with E-state index in [4.69, 9.17) is 9.15 Å². The van der Waals surface area contributed by atoms with Crippen molar-refractivity contribution in [1.82, 2.24) is 0 Å². The Hall–Kier alpha value is -1.32. The normalized spacial score (nSPS) is 19.1. The summed E-state index contributed by atoms with van der Waals surface area (Å²) in [6, 6.07) is 7.94. The van der Waals surface area contributed by atoms with Gasteiger partial charge in [0, 0.05) is 12.5 Å². The van der Waals surface area contributed by atoms with E-state index >= 15 is 0 Å². The number of aryl methyl sites for hydroxylation is 1. The van der Waals surface area contributed by atoms with Crippen LogP contribution in [0.3, 0.4) is 0 Å². The summed E-state index contributed by atoms with van der Waals surface area (Å²) in [5.41, 5.74) is 2.01. The Morgan fingerprint density at radius 2 is 2.11 bits per heavy atom. The van der Waals surface area contributed by atoms with E-state index in [1.807, 2.05) is 25.1 Å². The third-order valence-electron chi connectivity index (χ3n) is 3.65. The maximum absolute atomic E-state index is 10.3. The first-order valence-corrected chi connectivity index (χ1v) is 6.40. The standard InChI is InChI=1S/C15H18O3/c1-9-3-6-12-11(7-9)8-13(18-12)14(16)15(17-2)10-4-5-10/h3,6-8,10,14-16H,4-5H2,1-2H3. The molecule has 1 saturated carbocycles. The fourth-order valence-electron chi connectivity index (χ4n) is 2.49. The summed E-state index contributed by atoms with van der Waals surface area (Å²) >= 11 is 0. The van der Waals surface area contributed by atoms with Crippen molar-refractivity contribution >= 4 is 11.0 Å². The van der Waals surface area contributed by atoms with Crippen LogP contribution in [0.1, 0.15) is 30.3 Å². The van der Waals surface area contributed by atoms with E-state index in [1.165, 1.54) is 5.56 Å². The van der Waals surface area contributed by atoms with Gasteiger partial charge in [-0.25, -0.2) is 0 Å². The van der Waals surface area contributed by atoms with Crippen LogP contribution in [-0.2, 0) is 4.74 Å². The highest BCUT2D eigenvalue weighted by atomic mass is 16.5. The van der Waals surface area contributed by atoms with Gasteiger partial charge in [-0.3, -0.25) is 0 Å². The Labute approximate surface area is 106 Å². The molecule has 1 aromatic heterocycles. The molecule has 0 amide bonds. The van der Waals surface area contributed by atoms with E-state index in [1.54, 1.807) is 7.11 Å². The Bertz CT molecular complexity index is 554. The van der Waals surface area contributed by atoms with Crippen molar-refractivity contribution in [1.29, 1.82) is 0 Å². The predicted octanol–water partition coefficient (Wildman–Crippen LogP) is 3.20. The zero-order chi connectivity index (χ0) is 12.7. The molecule has 1 aliphatic carbocycles. The molecule has 3 heteroatoms. The zero-order valence-electron chi connectivity index (χ0n) is 10.7. The van der Waals surface area contributed by atoms with Gasteiger partial charge in [0.15, 0.2) is 0 Å². The number of aliphatic hydroxyl groups excluding tert-OH is 1. The maximum Gasteiger partial charge on any atom is 0.138 e. The molecule has 2 atom stereocenters. The average Bonchev–Trinajstić information content (AvgIpc) is 3.08. The molecule has 3 nitrogen and oxygen atoms in total. The number of rotatable bonds is 4. The third-order valence-corrected chi connectivity index (χ3v) is 3.65. The van der Waals surface area contributed by atoms with Crippen molar-refractivity contribution in [2.75, 3.05) is 7.11 Å². The summed E-state index contributed by atoms with van der Waals surface area (Å²) in [6.07, 6.45) is 1.45. The number of furan rings is 1. The number of methoxy groups -OCH3 is 1. The first-order chi connectivity index (χ1) is 8.69. The van der Waals surface area contributed by atoms with Gasteiger partial charge in [-0.05, 0) is 43.9 Å². The molecule has 2 unspecified atom stereocenters. The molecular formula is C15H18O3. The fourth-order valence-corrected chi connectivity index (χ4v) is 2.49. The molecule has 0 spiro atoms. The van der Waals surface area contributed by atoms with Crippen LogP contribution in [0, 0.1) is 12.8 Å². The smallest absolute Gasteiger partial charge is 0.138 e. The van der Waals surface area contributed by atoms with Crippen LogP contribution in [-0.4, -0.2) is 18.3 Å². The minimum atomic E-state index is -0.671. The van der Waals surface area contributed by atoms with Crippen LogP contribution >= 0.6 is 0 Å². The molecule has 1 fully saturated rings. The summed E-state index contributed by atoms with van der Waals surface area (Å²) in [4.78, 5) is 0. The number of hydrogen-bond donors (Lipinski definition) is 1. The van der Waals surface area contributed by atoms with Gasteiger partial charge >= 0.3 is 0 Å². The zero-order valence-corrected chi connectivity index (χ0v) is 10.7. The number of hydrogen-bond acceptors (Lipinski definition) is 3. The highest BCUT2D eigenvalue weighted by molar-refractivity contribution is 5.78. The van der Waals surface area contributed by atoms with Crippen molar-refractivity contribution in [2.24, 2.45) is 5.92 Å².